The van der Waals surface area contributed by atoms with Crippen molar-refractivity contribution in [2.24, 2.45) is 29.6 Å². The summed E-state index contributed by atoms with van der Waals surface area (Å²) in [4.78, 5) is 203. The van der Waals surface area contributed by atoms with E-state index < -0.39 is 162 Å². The zero-order valence-corrected chi connectivity index (χ0v) is 67.0. The van der Waals surface area contributed by atoms with Crippen LogP contribution in [0.15, 0.2) is 60.7 Å². The van der Waals surface area contributed by atoms with Crippen LogP contribution in [0.5, 0.6) is 0 Å². The van der Waals surface area contributed by atoms with E-state index in [0.29, 0.717) is 49.9 Å². The number of carbonyl (C=O) groups is 13. The first-order valence-corrected chi connectivity index (χ1v) is 38.0. The molecule has 0 unspecified atom stereocenters. The van der Waals surface area contributed by atoms with E-state index >= 15 is 38.4 Å². The number of carbonyl (C=O) groups excluding carboxylic acids is 13. The molecule has 27 nitrogen and oxygen atoms in total. The molecule has 2 aliphatic rings. The summed E-state index contributed by atoms with van der Waals surface area (Å²) in [5.74, 6) is -10.2. The molecular formula is C79H127N13O14. The maximum Gasteiger partial charge on any atom is 0.247 e. The molecule has 2 heterocycles. The smallest absolute Gasteiger partial charge is 0.247 e. The van der Waals surface area contributed by atoms with Gasteiger partial charge in [-0.15, -0.1) is 0 Å². The van der Waals surface area contributed by atoms with Gasteiger partial charge in [0.2, 0.25) is 76.8 Å². The fourth-order valence-electron chi connectivity index (χ4n) is 13.5. The van der Waals surface area contributed by atoms with Gasteiger partial charge in [-0.2, -0.15) is 0 Å². The van der Waals surface area contributed by atoms with Gasteiger partial charge in [-0.05, 0) is 126 Å². The second-order valence-corrected chi connectivity index (χ2v) is 32.0. The number of hydrogen-bond acceptors (Lipinski definition) is 14. The highest BCUT2D eigenvalue weighted by Crippen LogP contribution is 2.24. The highest BCUT2D eigenvalue weighted by Gasteiger charge is 2.44. The summed E-state index contributed by atoms with van der Waals surface area (Å²) < 4.78 is 6.23. The molecule has 0 bridgehead atoms. The molecule has 0 saturated carbocycles. The molecule has 2 aromatic rings. The number of benzene rings is 2. The summed E-state index contributed by atoms with van der Waals surface area (Å²) in [7, 11) is 8.51. The number of rotatable bonds is 21. The van der Waals surface area contributed by atoms with Gasteiger partial charge in [-0.1, -0.05) is 130 Å². The highest BCUT2D eigenvalue weighted by molar-refractivity contribution is 6.00. The third-order valence-electron chi connectivity index (χ3n) is 19.4. The average molecular weight is 1480 g/mol. The zero-order chi connectivity index (χ0) is 79.6. The fourth-order valence-corrected chi connectivity index (χ4v) is 13.5. The normalized spacial score (nSPS) is 24.0. The van der Waals surface area contributed by atoms with Gasteiger partial charge >= 0.3 is 0 Å². The van der Waals surface area contributed by atoms with E-state index in [1.54, 1.807) is 100 Å². The summed E-state index contributed by atoms with van der Waals surface area (Å²) >= 11 is 0. The van der Waals surface area contributed by atoms with Gasteiger partial charge < -0.3 is 70.9 Å². The van der Waals surface area contributed by atoms with E-state index in [1.807, 2.05) is 55.4 Å². The Morgan fingerprint density at radius 2 is 0.934 bits per heavy atom. The Balaban J connectivity index is 2.02. The van der Waals surface area contributed by atoms with Crippen LogP contribution >= 0.6 is 0 Å². The highest BCUT2D eigenvalue weighted by atomic mass is 16.5. The minimum atomic E-state index is -1.51. The van der Waals surface area contributed by atoms with Crippen molar-refractivity contribution < 1.29 is 67.1 Å². The minimum Gasteiger partial charge on any atom is -0.373 e. The lowest BCUT2D eigenvalue weighted by molar-refractivity contribution is -0.152. The second-order valence-electron chi connectivity index (χ2n) is 32.0. The lowest BCUT2D eigenvalue weighted by atomic mass is 9.97. The first-order chi connectivity index (χ1) is 49.6. The van der Waals surface area contributed by atoms with Crippen LogP contribution < -0.4 is 31.9 Å². The number of likely N-dealkylation sites (tertiary alicyclic amines) is 1. The molecule has 13 amide bonds. The zero-order valence-electron chi connectivity index (χ0n) is 67.0. The van der Waals surface area contributed by atoms with Gasteiger partial charge in [0.05, 0.1) is 25.2 Å². The van der Waals surface area contributed by atoms with Crippen LogP contribution in [0, 0.1) is 29.6 Å². The number of nitrogens with zero attached hydrogens (tertiary/aromatic N) is 7. The fraction of sp³-hybridized carbons (Fsp3) is 0.684. The number of likely N-dealkylation sites (N-methyl/N-ethyl adjacent to an activating group) is 6. The molecule has 592 valence electrons. The standard InChI is InChI=1S/C79H127N13O14/c1-49(2)40-58-74(101)89(18)64(44-55-32-24-21-25-33-55)71(98)83-59(41-50(3)4)75(102)88(17)63(43-52(7)8)70(97)82-57(36-28-29-37-80-54(11)93)73(100)86(15)47-67(95)87(16)62(42-51(5)6)69(96)85-61(48-106-79(12,13)14)76(103)90(19)65(45-56-34-26-22-27-35-56)78(105)91(20)68(53(9)10)72(99)84-60(46-66(94)81-58)77(104)92-38-30-23-31-39-92/h21-22,24-27,32-35,49-53,57-65,68H,23,28-31,36-48H2,1-20H3,(H,80,93)(H,81,94)(H,82,97)(H,83,98)(H,84,99)(H,85,96)/t57-,58+,59-,60-,61-,62-,63-,64-,65-,68-/m0/s1. The average Bonchev–Trinajstić information content (AvgIpc) is 0.816. The molecule has 106 heavy (non-hydrogen) atoms. The molecule has 6 N–H and O–H groups in total. The SMILES string of the molecule is CC(=O)NCCCC[C@@H]1NC(=O)[C@H](CC(C)C)N(C)C(=O)[C@H](CC(C)C)NC(=O)[C@H](Cc2ccccc2)N(C)C(=O)[C@@H](CC(C)C)NC(=O)C[C@@H](C(=O)N2CCCCC2)NC(=O)[C@H](C(C)C)N(C)C(=O)[C@H](Cc2ccccc2)N(C)C(=O)[C@H](COC(C)(C)C)NC(=O)[C@H](CC(C)C)N(C)C(=O)CN(C)C1=O. The van der Waals surface area contributed by atoms with E-state index in [0.717, 1.165) is 11.3 Å². The summed E-state index contributed by atoms with van der Waals surface area (Å²) in [6.07, 6.45) is 2.52. The van der Waals surface area contributed by atoms with Gasteiger partial charge in [0.1, 0.15) is 60.4 Å². The number of hydrogen-bond donors (Lipinski definition) is 6. The Labute approximate surface area is 630 Å². The van der Waals surface area contributed by atoms with Crippen LogP contribution in [0.25, 0.3) is 0 Å². The number of piperidine rings is 1. The maximum absolute atomic E-state index is 15.6. The molecule has 0 aromatic heterocycles. The molecule has 2 aromatic carbocycles. The molecule has 0 spiro atoms. The summed E-state index contributed by atoms with van der Waals surface area (Å²) in [6.45, 7) is 24.9. The van der Waals surface area contributed by atoms with Crippen LogP contribution in [-0.4, -0.2) is 252 Å². The van der Waals surface area contributed by atoms with Crippen LogP contribution in [0.2, 0.25) is 0 Å². The molecule has 0 aliphatic carbocycles. The van der Waals surface area contributed by atoms with E-state index in [2.05, 4.69) is 31.9 Å². The third kappa shape index (κ3) is 28.3. The number of ether oxygens (including phenoxy) is 1. The third-order valence-corrected chi connectivity index (χ3v) is 19.4. The Hall–Kier alpha value is -8.49. The molecule has 27 heteroatoms. The molecule has 2 aliphatic heterocycles. The van der Waals surface area contributed by atoms with E-state index in [4.69, 9.17) is 4.74 Å². The summed E-state index contributed by atoms with van der Waals surface area (Å²) in [6, 6.07) is 4.55. The lowest BCUT2D eigenvalue weighted by Crippen LogP contribution is -2.62. The van der Waals surface area contributed by atoms with Gasteiger partial charge in [-0.25, -0.2) is 0 Å². The minimum absolute atomic E-state index is 0.0346. The van der Waals surface area contributed by atoms with E-state index in [9.17, 15) is 24.0 Å². The van der Waals surface area contributed by atoms with Crippen molar-refractivity contribution in [1.29, 1.82) is 0 Å². The Kier molecular flexibility index (Phi) is 36.3. The van der Waals surface area contributed by atoms with Crippen molar-refractivity contribution in [2.75, 3.05) is 75.1 Å². The first kappa shape index (κ1) is 89.9. The Bertz CT molecular complexity index is 3260. The quantitative estimate of drug-likeness (QED) is 0.0909. The van der Waals surface area contributed by atoms with Gasteiger partial charge in [-0.3, -0.25) is 62.3 Å². The Morgan fingerprint density at radius 3 is 1.42 bits per heavy atom. The van der Waals surface area contributed by atoms with Crippen LogP contribution in [0.3, 0.4) is 0 Å². The number of nitrogens with one attached hydrogen (secondary N) is 6. The van der Waals surface area contributed by atoms with Crippen LogP contribution in [0.1, 0.15) is 179 Å². The second kappa shape index (κ2) is 42.7. The van der Waals surface area contributed by atoms with E-state index in [1.165, 1.54) is 73.7 Å². The molecular weight excluding hydrogens is 1350 g/mol. The van der Waals surface area contributed by atoms with Crippen molar-refractivity contribution in [3.8, 4) is 0 Å². The van der Waals surface area contributed by atoms with E-state index in [-0.39, 0.29) is 81.1 Å². The Morgan fingerprint density at radius 1 is 0.491 bits per heavy atom. The van der Waals surface area contributed by atoms with Crippen molar-refractivity contribution in [3.63, 3.8) is 0 Å². The summed E-state index contributed by atoms with van der Waals surface area (Å²) in [5, 5.41) is 17.2. The van der Waals surface area contributed by atoms with Crippen molar-refractivity contribution in [3.05, 3.63) is 71.8 Å². The molecule has 10 atom stereocenters. The molecule has 4 rings (SSSR count). The van der Waals surface area contributed by atoms with Crippen molar-refractivity contribution in [2.45, 2.75) is 246 Å². The summed E-state index contributed by atoms with van der Waals surface area (Å²) in [5.41, 5.74) is 0.435. The predicted molar refractivity (Wildman–Crippen MR) is 406 cm³/mol. The van der Waals surface area contributed by atoms with Crippen molar-refractivity contribution in [1.82, 2.24) is 66.2 Å². The van der Waals surface area contributed by atoms with Crippen LogP contribution in [0.4, 0.5) is 0 Å². The lowest BCUT2D eigenvalue weighted by Gasteiger charge is -2.38. The number of amides is 13. The first-order valence-electron chi connectivity index (χ1n) is 38.0. The van der Waals surface area contributed by atoms with Gasteiger partial charge in [0.25, 0.3) is 0 Å². The largest absolute Gasteiger partial charge is 0.373 e. The van der Waals surface area contributed by atoms with Gasteiger partial charge in [0, 0.05) is 81.7 Å². The topological polar surface area (TPSA) is 326 Å². The maximum atomic E-state index is 15.6. The molecule has 0 radical (unpaired) electrons. The molecule has 2 fully saturated rings. The molecule has 2 saturated heterocycles. The predicted octanol–water partition coefficient (Wildman–Crippen LogP) is 4.87. The van der Waals surface area contributed by atoms with Gasteiger partial charge in [0.15, 0.2) is 0 Å². The van der Waals surface area contributed by atoms with Crippen LogP contribution in [-0.2, 0) is 79.9 Å². The van der Waals surface area contributed by atoms with Crippen molar-refractivity contribution >= 4 is 76.8 Å². The monoisotopic (exact) mass is 1480 g/mol. The number of unbranched alkanes of at least 4 members (excludes halogenated alkanes) is 1.